The van der Waals surface area contributed by atoms with Crippen LogP contribution in [0, 0.1) is 0 Å². The summed E-state index contributed by atoms with van der Waals surface area (Å²) in [4.78, 5) is 0. The molecule has 0 amide bonds. The van der Waals surface area contributed by atoms with Crippen LogP contribution in [0.4, 0.5) is 0 Å². The molecule has 6 heteroatoms. The highest BCUT2D eigenvalue weighted by molar-refractivity contribution is 5.40. The highest BCUT2D eigenvalue weighted by Crippen LogP contribution is 2.29. The van der Waals surface area contributed by atoms with E-state index in [4.69, 9.17) is 23.7 Å². The van der Waals surface area contributed by atoms with Crippen molar-refractivity contribution >= 4 is 0 Å². The average Bonchev–Trinajstić information content (AvgIpc) is 2.66. The zero-order chi connectivity index (χ0) is 17.3. The van der Waals surface area contributed by atoms with Crippen LogP contribution in [0.15, 0.2) is 48.5 Å². The molecule has 1 aliphatic heterocycles. The van der Waals surface area contributed by atoms with E-state index in [0.717, 1.165) is 0 Å². The Balaban J connectivity index is 1.77. The first-order valence-corrected chi connectivity index (χ1v) is 8.28. The maximum Gasteiger partial charge on any atom is 0.161 e. The van der Waals surface area contributed by atoms with Gasteiger partial charge in [0.2, 0.25) is 0 Å². The lowest BCUT2D eigenvalue weighted by Gasteiger charge is -2.20. The lowest BCUT2D eigenvalue weighted by atomic mass is 10.3. The zero-order valence-corrected chi connectivity index (χ0v) is 13.9. The third kappa shape index (κ3) is 5.01. The van der Waals surface area contributed by atoms with Gasteiger partial charge in [-0.05, 0) is 24.3 Å². The Bertz CT molecular complexity index is 660. The van der Waals surface area contributed by atoms with Gasteiger partial charge >= 0.3 is 0 Å². The number of aliphatic hydroxyl groups is 1. The normalized spacial score (nSPS) is 18.7. The van der Waals surface area contributed by atoms with E-state index in [1.54, 1.807) is 6.07 Å². The highest BCUT2D eigenvalue weighted by Gasteiger charge is 2.15. The van der Waals surface area contributed by atoms with Crippen molar-refractivity contribution in [3.8, 4) is 23.0 Å². The third-order valence-electron chi connectivity index (χ3n) is 3.59. The van der Waals surface area contributed by atoms with Crippen LogP contribution in [0.3, 0.4) is 0 Å². The topological polar surface area (TPSA) is 66.4 Å². The molecule has 134 valence electrons. The molecule has 1 N–H and O–H groups in total. The summed E-state index contributed by atoms with van der Waals surface area (Å²) in [6, 6.07) is 14.7. The van der Waals surface area contributed by atoms with Crippen LogP contribution >= 0.6 is 0 Å². The van der Waals surface area contributed by atoms with Crippen molar-refractivity contribution in [1.82, 2.24) is 0 Å². The summed E-state index contributed by atoms with van der Waals surface area (Å²) in [5, 5.41) is 9.62. The van der Waals surface area contributed by atoms with Crippen molar-refractivity contribution in [3.63, 3.8) is 0 Å². The van der Waals surface area contributed by atoms with E-state index >= 15 is 0 Å². The fraction of sp³-hybridized carbons (Fsp3) is 0.368. The summed E-state index contributed by atoms with van der Waals surface area (Å²) in [5.41, 5.74) is 0. The van der Waals surface area contributed by atoms with Gasteiger partial charge in [-0.3, -0.25) is 0 Å². The van der Waals surface area contributed by atoms with Crippen molar-refractivity contribution in [2.45, 2.75) is 6.10 Å². The van der Waals surface area contributed by atoms with Gasteiger partial charge in [-0.2, -0.15) is 0 Å². The minimum absolute atomic E-state index is 0.180. The second-order valence-electron chi connectivity index (χ2n) is 5.44. The first-order valence-electron chi connectivity index (χ1n) is 8.28. The Kier molecular flexibility index (Phi) is 6.36. The Labute approximate surface area is 146 Å². The molecule has 2 aromatic carbocycles. The summed E-state index contributed by atoms with van der Waals surface area (Å²) in [6.45, 7) is 1.71. The summed E-state index contributed by atoms with van der Waals surface area (Å²) in [6.07, 6.45) is -0.529. The fourth-order valence-corrected chi connectivity index (χ4v) is 2.36. The molecule has 0 bridgehead atoms. The minimum atomic E-state index is -0.529. The van der Waals surface area contributed by atoms with Gasteiger partial charge in [-0.1, -0.05) is 24.3 Å². The van der Waals surface area contributed by atoms with Gasteiger partial charge in [0, 0.05) is 0 Å². The molecule has 1 atom stereocenters. The van der Waals surface area contributed by atoms with Crippen LogP contribution in [-0.2, 0) is 4.74 Å². The predicted octanol–water partition coefficient (Wildman–Crippen LogP) is 2.29. The number of para-hydroxylation sites is 4. The molecule has 6 nitrogen and oxygen atoms in total. The Morgan fingerprint density at radius 1 is 0.720 bits per heavy atom. The standard InChI is InChI=1S/C19H22O6/c20-13-15-14-24-17-6-2-1-5-16(17)22-11-9-21-10-12-23-18-7-3-4-8-19(18)25-15/h1-8,15,20H,9-14H2. The van der Waals surface area contributed by atoms with Crippen molar-refractivity contribution in [2.24, 2.45) is 0 Å². The molecule has 0 radical (unpaired) electrons. The van der Waals surface area contributed by atoms with E-state index in [0.29, 0.717) is 49.4 Å². The molecule has 1 unspecified atom stereocenters. The summed E-state index contributed by atoms with van der Waals surface area (Å²) >= 11 is 0. The number of ether oxygens (including phenoxy) is 5. The fourth-order valence-electron chi connectivity index (χ4n) is 2.36. The second kappa shape index (κ2) is 9.15. The molecule has 0 fully saturated rings. The maximum absolute atomic E-state index is 9.62. The molecule has 0 aliphatic carbocycles. The van der Waals surface area contributed by atoms with Gasteiger partial charge < -0.3 is 28.8 Å². The van der Waals surface area contributed by atoms with Crippen LogP contribution in [-0.4, -0.2) is 50.9 Å². The Morgan fingerprint density at radius 2 is 1.24 bits per heavy atom. The lowest BCUT2D eigenvalue weighted by molar-refractivity contribution is 0.0669. The highest BCUT2D eigenvalue weighted by atomic mass is 16.6. The van der Waals surface area contributed by atoms with E-state index in [1.807, 2.05) is 42.5 Å². The molecule has 0 saturated heterocycles. The van der Waals surface area contributed by atoms with Gasteiger partial charge in [-0.25, -0.2) is 0 Å². The maximum atomic E-state index is 9.62. The van der Waals surface area contributed by atoms with E-state index in [9.17, 15) is 5.11 Å². The molecule has 25 heavy (non-hydrogen) atoms. The first kappa shape index (κ1) is 17.4. The van der Waals surface area contributed by atoms with Gasteiger partial charge in [0.15, 0.2) is 29.1 Å². The molecule has 3 rings (SSSR count). The molecular formula is C19H22O6. The van der Waals surface area contributed by atoms with Crippen LogP contribution in [0.5, 0.6) is 23.0 Å². The predicted molar refractivity (Wildman–Crippen MR) is 91.7 cm³/mol. The van der Waals surface area contributed by atoms with Gasteiger partial charge in [-0.15, -0.1) is 0 Å². The van der Waals surface area contributed by atoms with E-state index in [2.05, 4.69) is 0 Å². The number of benzene rings is 2. The quantitative estimate of drug-likeness (QED) is 0.855. The van der Waals surface area contributed by atoms with Crippen molar-refractivity contribution in [1.29, 1.82) is 0 Å². The molecule has 1 heterocycles. The van der Waals surface area contributed by atoms with Gasteiger partial charge in [0.05, 0.1) is 19.8 Å². The molecular weight excluding hydrogens is 324 g/mol. The van der Waals surface area contributed by atoms with Crippen molar-refractivity contribution < 1.29 is 28.8 Å². The summed E-state index contributed by atoms with van der Waals surface area (Å²) in [5.74, 6) is 2.40. The lowest BCUT2D eigenvalue weighted by Crippen LogP contribution is -2.29. The Hall–Kier alpha value is -2.44. The van der Waals surface area contributed by atoms with Crippen molar-refractivity contribution in [3.05, 3.63) is 48.5 Å². The van der Waals surface area contributed by atoms with Crippen molar-refractivity contribution in [2.75, 3.05) is 39.6 Å². The van der Waals surface area contributed by atoms with Gasteiger partial charge in [0.1, 0.15) is 19.8 Å². The van der Waals surface area contributed by atoms with Crippen LogP contribution < -0.4 is 18.9 Å². The summed E-state index contributed by atoms with van der Waals surface area (Å²) in [7, 11) is 0. The molecule has 0 aromatic heterocycles. The molecule has 0 saturated carbocycles. The van der Waals surface area contributed by atoms with E-state index in [1.165, 1.54) is 0 Å². The molecule has 1 aliphatic rings. The zero-order valence-electron chi connectivity index (χ0n) is 13.9. The van der Waals surface area contributed by atoms with E-state index in [-0.39, 0.29) is 13.2 Å². The number of fused-ring (bicyclic) bond motifs is 2. The number of hydrogen-bond acceptors (Lipinski definition) is 6. The van der Waals surface area contributed by atoms with Crippen LogP contribution in [0.2, 0.25) is 0 Å². The summed E-state index contributed by atoms with van der Waals surface area (Å²) < 4.78 is 28.6. The molecule has 0 spiro atoms. The monoisotopic (exact) mass is 346 g/mol. The largest absolute Gasteiger partial charge is 0.487 e. The first-order chi connectivity index (χ1) is 12.4. The minimum Gasteiger partial charge on any atom is -0.487 e. The third-order valence-corrected chi connectivity index (χ3v) is 3.59. The van der Waals surface area contributed by atoms with Crippen LogP contribution in [0.1, 0.15) is 0 Å². The smallest absolute Gasteiger partial charge is 0.161 e. The number of rotatable bonds is 1. The average molecular weight is 346 g/mol. The van der Waals surface area contributed by atoms with Gasteiger partial charge in [0.25, 0.3) is 0 Å². The molecule has 2 aromatic rings. The van der Waals surface area contributed by atoms with Crippen LogP contribution in [0.25, 0.3) is 0 Å². The number of aliphatic hydroxyl groups excluding tert-OH is 1. The SMILES string of the molecule is OCC1COc2ccccc2OCCOCCOc2ccccc2O1. The second-order valence-corrected chi connectivity index (χ2v) is 5.44. The van der Waals surface area contributed by atoms with E-state index < -0.39 is 6.10 Å². The number of hydrogen-bond donors (Lipinski definition) is 1. The Morgan fingerprint density at radius 3 is 1.84 bits per heavy atom.